The summed E-state index contributed by atoms with van der Waals surface area (Å²) >= 11 is 9.34. The summed E-state index contributed by atoms with van der Waals surface area (Å²) in [6.07, 6.45) is 0. The van der Waals surface area contributed by atoms with E-state index in [1.54, 1.807) is 24.3 Å². The van der Waals surface area contributed by atoms with Crippen molar-refractivity contribution < 1.29 is 9.90 Å². The molecule has 0 saturated heterocycles. The minimum Gasteiger partial charge on any atom is -0.478 e. The monoisotopic (exact) mass is 350 g/mol. The number of fused-ring (bicyclic) bond motifs is 1. The van der Waals surface area contributed by atoms with Crippen LogP contribution in [0.1, 0.15) is 10.4 Å². The van der Waals surface area contributed by atoms with Crippen LogP contribution in [0.5, 0.6) is 0 Å². The molecule has 0 atom stereocenters. The van der Waals surface area contributed by atoms with E-state index in [1.807, 2.05) is 6.07 Å². The Balaban J connectivity index is 2.23. The second-order valence-corrected chi connectivity index (χ2v) is 5.51. The molecule has 0 saturated carbocycles. The van der Waals surface area contributed by atoms with E-state index in [-0.39, 0.29) is 5.56 Å². The maximum atomic E-state index is 11.2. The quantitative estimate of drug-likeness (QED) is 0.721. The van der Waals surface area contributed by atoms with Gasteiger partial charge in [0.05, 0.1) is 11.1 Å². The Labute approximate surface area is 127 Å². The van der Waals surface area contributed by atoms with Gasteiger partial charge in [0, 0.05) is 15.1 Å². The minimum atomic E-state index is -0.996. The Morgan fingerprint density at radius 2 is 2.10 bits per heavy atom. The lowest BCUT2D eigenvalue weighted by molar-refractivity contribution is 0.0699. The van der Waals surface area contributed by atoms with Crippen molar-refractivity contribution in [3.05, 3.63) is 51.5 Å². The Kier molecular flexibility index (Phi) is 3.23. The van der Waals surface area contributed by atoms with Crippen molar-refractivity contribution in [3.8, 4) is 11.4 Å². The predicted molar refractivity (Wildman–Crippen MR) is 81.2 cm³/mol. The fourth-order valence-electron chi connectivity index (χ4n) is 2.01. The van der Waals surface area contributed by atoms with Gasteiger partial charge in [0.25, 0.3) is 0 Å². The first kappa shape index (κ1) is 13.1. The van der Waals surface area contributed by atoms with Crippen LogP contribution in [0.2, 0.25) is 5.02 Å². The highest BCUT2D eigenvalue weighted by Crippen LogP contribution is 2.30. The van der Waals surface area contributed by atoms with Gasteiger partial charge in [0.15, 0.2) is 0 Å². The third-order valence-corrected chi connectivity index (χ3v) is 3.82. The summed E-state index contributed by atoms with van der Waals surface area (Å²) < 4.78 is 0.793. The SMILES string of the molecule is O=C(O)c1cccc2[nH]c(-c3ccc(Cl)cc3Br)nc12. The van der Waals surface area contributed by atoms with Crippen LogP contribution in [0.15, 0.2) is 40.9 Å². The molecule has 1 heterocycles. The van der Waals surface area contributed by atoms with E-state index in [0.29, 0.717) is 21.9 Å². The zero-order chi connectivity index (χ0) is 14.3. The van der Waals surface area contributed by atoms with Gasteiger partial charge in [0.1, 0.15) is 11.3 Å². The standard InChI is InChI=1S/C14H8BrClN2O2/c15-10-6-7(16)4-5-8(10)13-17-11-3-1-2-9(14(19)20)12(11)18-13/h1-6H,(H,17,18)(H,19,20). The molecule has 0 aliphatic rings. The average Bonchev–Trinajstić information content (AvgIpc) is 2.81. The zero-order valence-electron chi connectivity index (χ0n) is 10.0. The molecule has 1 aromatic heterocycles. The van der Waals surface area contributed by atoms with Crippen molar-refractivity contribution in [2.24, 2.45) is 0 Å². The molecule has 2 N–H and O–H groups in total. The number of rotatable bonds is 2. The Hall–Kier alpha value is -1.85. The molecule has 0 radical (unpaired) electrons. The second-order valence-electron chi connectivity index (χ2n) is 4.22. The number of H-pyrrole nitrogens is 1. The molecule has 0 spiro atoms. The largest absolute Gasteiger partial charge is 0.478 e. The molecule has 4 nitrogen and oxygen atoms in total. The van der Waals surface area contributed by atoms with Gasteiger partial charge >= 0.3 is 5.97 Å². The van der Waals surface area contributed by atoms with Crippen molar-refractivity contribution >= 4 is 44.5 Å². The van der Waals surface area contributed by atoms with Crippen LogP contribution < -0.4 is 0 Å². The molecule has 0 aliphatic heterocycles. The molecule has 100 valence electrons. The van der Waals surface area contributed by atoms with Gasteiger partial charge in [-0.2, -0.15) is 0 Å². The van der Waals surface area contributed by atoms with Gasteiger partial charge in [-0.05, 0) is 46.3 Å². The van der Waals surface area contributed by atoms with Crippen LogP contribution in [0.25, 0.3) is 22.4 Å². The highest BCUT2D eigenvalue weighted by molar-refractivity contribution is 9.10. The van der Waals surface area contributed by atoms with Crippen LogP contribution in [-0.4, -0.2) is 21.0 Å². The lowest BCUT2D eigenvalue weighted by atomic mass is 10.2. The van der Waals surface area contributed by atoms with Crippen molar-refractivity contribution in [3.63, 3.8) is 0 Å². The molecule has 0 bridgehead atoms. The summed E-state index contributed by atoms with van der Waals surface area (Å²) in [5, 5.41) is 9.79. The topological polar surface area (TPSA) is 66.0 Å². The number of carboxylic acid groups (broad SMARTS) is 1. The number of hydrogen-bond acceptors (Lipinski definition) is 2. The number of hydrogen-bond donors (Lipinski definition) is 2. The zero-order valence-corrected chi connectivity index (χ0v) is 12.4. The maximum Gasteiger partial charge on any atom is 0.337 e. The summed E-state index contributed by atoms with van der Waals surface area (Å²) in [5.41, 5.74) is 2.12. The number of para-hydroxylation sites is 1. The number of carboxylic acids is 1. The van der Waals surface area contributed by atoms with E-state index in [2.05, 4.69) is 25.9 Å². The number of aromatic nitrogens is 2. The van der Waals surface area contributed by atoms with Crippen molar-refractivity contribution in [2.45, 2.75) is 0 Å². The number of halogens is 2. The average molecular weight is 352 g/mol. The number of aromatic carboxylic acids is 1. The molecule has 0 aliphatic carbocycles. The highest BCUT2D eigenvalue weighted by atomic mass is 79.9. The van der Waals surface area contributed by atoms with E-state index in [0.717, 1.165) is 10.0 Å². The fourth-order valence-corrected chi connectivity index (χ4v) is 2.88. The molecular weight excluding hydrogens is 344 g/mol. The fraction of sp³-hybridized carbons (Fsp3) is 0. The van der Waals surface area contributed by atoms with Crippen molar-refractivity contribution in [1.29, 1.82) is 0 Å². The van der Waals surface area contributed by atoms with Gasteiger partial charge in [-0.3, -0.25) is 0 Å². The molecule has 0 unspecified atom stereocenters. The molecule has 2 aromatic carbocycles. The van der Waals surface area contributed by atoms with Gasteiger partial charge in [0.2, 0.25) is 0 Å². The van der Waals surface area contributed by atoms with Gasteiger partial charge in [-0.25, -0.2) is 9.78 Å². The molecule has 6 heteroatoms. The summed E-state index contributed by atoms with van der Waals surface area (Å²) in [6.45, 7) is 0. The first-order valence-electron chi connectivity index (χ1n) is 5.73. The van der Waals surface area contributed by atoms with Gasteiger partial charge in [-0.15, -0.1) is 0 Å². The third kappa shape index (κ3) is 2.19. The summed E-state index contributed by atoms with van der Waals surface area (Å²) in [7, 11) is 0. The lowest BCUT2D eigenvalue weighted by Crippen LogP contribution is -1.96. The number of benzene rings is 2. The van der Waals surface area contributed by atoms with Crippen LogP contribution in [0, 0.1) is 0 Å². The molecule has 3 rings (SSSR count). The van der Waals surface area contributed by atoms with Crippen molar-refractivity contribution in [1.82, 2.24) is 9.97 Å². The third-order valence-electron chi connectivity index (χ3n) is 2.93. The van der Waals surface area contributed by atoms with Crippen molar-refractivity contribution in [2.75, 3.05) is 0 Å². The normalized spacial score (nSPS) is 10.9. The van der Waals surface area contributed by atoms with Crippen LogP contribution >= 0.6 is 27.5 Å². The predicted octanol–water partition coefficient (Wildman–Crippen LogP) is 4.34. The number of nitrogens with one attached hydrogen (secondary N) is 1. The highest BCUT2D eigenvalue weighted by Gasteiger charge is 2.14. The molecule has 0 fully saturated rings. The number of imidazole rings is 1. The van der Waals surface area contributed by atoms with E-state index >= 15 is 0 Å². The Morgan fingerprint density at radius 3 is 2.80 bits per heavy atom. The molecular formula is C14H8BrClN2O2. The molecule has 3 aromatic rings. The van der Waals surface area contributed by atoms with E-state index in [9.17, 15) is 9.90 Å². The van der Waals surface area contributed by atoms with E-state index in [1.165, 1.54) is 6.07 Å². The molecule has 20 heavy (non-hydrogen) atoms. The van der Waals surface area contributed by atoms with Gasteiger partial charge < -0.3 is 10.1 Å². The summed E-state index contributed by atoms with van der Waals surface area (Å²) in [4.78, 5) is 18.7. The smallest absolute Gasteiger partial charge is 0.337 e. The summed E-state index contributed by atoms with van der Waals surface area (Å²) in [5.74, 6) is -0.402. The van der Waals surface area contributed by atoms with Gasteiger partial charge in [-0.1, -0.05) is 17.7 Å². The summed E-state index contributed by atoms with van der Waals surface area (Å²) in [6, 6.07) is 10.4. The van der Waals surface area contributed by atoms with Crippen LogP contribution in [-0.2, 0) is 0 Å². The Morgan fingerprint density at radius 1 is 1.30 bits per heavy atom. The number of aromatic amines is 1. The maximum absolute atomic E-state index is 11.2. The first-order valence-corrected chi connectivity index (χ1v) is 6.91. The Bertz CT molecular complexity index is 829. The molecule has 0 amide bonds. The van der Waals surface area contributed by atoms with Crippen LogP contribution in [0.3, 0.4) is 0 Å². The number of carbonyl (C=O) groups is 1. The van der Waals surface area contributed by atoms with Crippen LogP contribution in [0.4, 0.5) is 0 Å². The van der Waals surface area contributed by atoms with E-state index < -0.39 is 5.97 Å². The second kappa shape index (κ2) is 4.92. The van der Waals surface area contributed by atoms with E-state index in [4.69, 9.17) is 11.6 Å². The minimum absolute atomic E-state index is 0.176. The number of nitrogens with zero attached hydrogens (tertiary/aromatic N) is 1. The first-order chi connectivity index (χ1) is 9.56. The lowest BCUT2D eigenvalue weighted by Gasteiger charge is -2.00.